The first-order valence-corrected chi connectivity index (χ1v) is 9.88. The maximum Gasteiger partial charge on any atom is 0.337 e. The van der Waals surface area contributed by atoms with Crippen LogP contribution in [0.25, 0.3) is 11.1 Å². The van der Waals surface area contributed by atoms with E-state index in [2.05, 4.69) is 22.0 Å². The van der Waals surface area contributed by atoms with Gasteiger partial charge in [-0.05, 0) is 62.3 Å². The number of rotatable bonds is 6. The number of aryl methyl sites for hydroxylation is 1. The van der Waals surface area contributed by atoms with E-state index in [9.17, 15) is 9.59 Å². The molecule has 0 radical (unpaired) electrons. The van der Waals surface area contributed by atoms with Crippen molar-refractivity contribution >= 4 is 16.8 Å². The summed E-state index contributed by atoms with van der Waals surface area (Å²) in [5, 5.41) is 4.48. The molecule has 1 N–H and O–H groups in total. The number of hydrogen-bond donors (Lipinski definition) is 1. The van der Waals surface area contributed by atoms with Crippen LogP contribution in [0.1, 0.15) is 70.3 Å². The topological polar surface area (TPSA) is 97.5 Å². The number of nitrogens with zero attached hydrogens (tertiary/aromatic N) is 2. The predicted octanol–water partition coefficient (Wildman–Crippen LogP) is 3.70. The van der Waals surface area contributed by atoms with Crippen molar-refractivity contribution in [2.75, 3.05) is 0 Å². The van der Waals surface area contributed by atoms with Gasteiger partial charge in [0.1, 0.15) is 5.39 Å². The highest BCUT2D eigenvalue weighted by atomic mass is 16.6. The molecule has 2 aliphatic carbocycles. The monoisotopic (exact) mass is 371 g/mol. The Balaban J connectivity index is 1.56. The molecule has 2 fully saturated rings. The molecular formula is C20H25N3O4. The summed E-state index contributed by atoms with van der Waals surface area (Å²) in [4.78, 5) is 36.5. The number of oxime groups is 1. The SMILES string of the molecule is CCCCCc1cc(=O)oc2nc(ON=C3CCC4(CC3)CC4)[nH]c(=O)c12. The number of hydrogen-bond acceptors (Lipinski definition) is 6. The minimum absolute atomic E-state index is 0.00789. The van der Waals surface area contributed by atoms with E-state index in [0.717, 1.165) is 50.7 Å². The minimum atomic E-state index is -0.508. The first-order valence-electron chi connectivity index (χ1n) is 9.88. The minimum Gasteiger partial charge on any atom is -0.403 e. The molecule has 2 heterocycles. The smallest absolute Gasteiger partial charge is 0.337 e. The fraction of sp³-hybridized carbons (Fsp3) is 0.600. The van der Waals surface area contributed by atoms with Crippen LogP contribution in [0.4, 0.5) is 0 Å². The molecule has 2 aliphatic rings. The molecule has 2 aromatic heterocycles. The van der Waals surface area contributed by atoms with Gasteiger partial charge in [-0.15, -0.1) is 0 Å². The fourth-order valence-corrected chi connectivity index (χ4v) is 3.88. The van der Waals surface area contributed by atoms with Gasteiger partial charge in [0.2, 0.25) is 5.71 Å². The van der Waals surface area contributed by atoms with Crippen LogP contribution in [0.2, 0.25) is 0 Å². The number of H-pyrrole nitrogens is 1. The molecule has 144 valence electrons. The first kappa shape index (κ1) is 17.9. The quantitative estimate of drug-likeness (QED) is 0.617. The van der Waals surface area contributed by atoms with Gasteiger partial charge in [0.25, 0.3) is 5.56 Å². The molecule has 7 nitrogen and oxygen atoms in total. The van der Waals surface area contributed by atoms with E-state index in [1.54, 1.807) is 0 Å². The molecule has 27 heavy (non-hydrogen) atoms. The molecular weight excluding hydrogens is 346 g/mol. The van der Waals surface area contributed by atoms with Gasteiger partial charge in [0, 0.05) is 6.07 Å². The van der Waals surface area contributed by atoms with Crippen LogP contribution in [0, 0.1) is 5.41 Å². The summed E-state index contributed by atoms with van der Waals surface area (Å²) < 4.78 is 5.14. The van der Waals surface area contributed by atoms with Crippen molar-refractivity contribution in [2.24, 2.45) is 10.6 Å². The van der Waals surface area contributed by atoms with E-state index in [1.165, 1.54) is 18.9 Å². The first-order chi connectivity index (χ1) is 13.1. The highest BCUT2D eigenvalue weighted by Gasteiger charge is 2.44. The molecule has 0 saturated heterocycles. The Morgan fingerprint density at radius 3 is 2.70 bits per heavy atom. The molecule has 0 aliphatic heterocycles. The van der Waals surface area contributed by atoms with Crippen LogP contribution in [0.3, 0.4) is 0 Å². The maximum absolute atomic E-state index is 12.5. The third kappa shape index (κ3) is 3.96. The number of nitrogens with one attached hydrogen (secondary N) is 1. The summed E-state index contributed by atoms with van der Waals surface area (Å²) in [6.07, 6.45) is 10.5. The van der Waals surface area contributed by atoms with Crippen molar-refractivity contribution in [1.29, 1.82) is 0 Å². The number of aromatic nitrogens is 2. The standard InChI is InChI=1S/C20H25N3O4/c1-2-3-4-5-13-12-15(24)26-18-16(13)17(25)21-19(22-18)27-23-14-6-8-20(9-7-14)10-11-20/h12H,2-11H2,1H3,(H,21,22,25). The van der Waals surface area contributed by atoms with E-state index in [0.29, 0.717) is 22.8 Å². The summed E-state index contributed by atoms with van der Waals surface area (Å²) in [6, 6.07) is 1.34. The molecule has 0 aromatic carbocycles. The van der Waals surface area contributed by atoms with Crippen LogP contribution < -0.4 is 16.0 Å². The Morgan fingerprint density at radius 2 is 2.00 bits per heavy atom. The lowest BCUT2D eigenvalue weighted by Gasteiger charge is -2.21. The predicted molar refractivity (Wildman–Crippen MR) is 102 cm³/mol. The lowest BCUT2D eigenvalue weighted by molar-refractivity contribution is 0.302. The highest BCUT2D eigenvalue weighted by molar-refractivity contribution is 5.85. The van der Waals surface area contributed by atoms with Crippen molar-refractivity contribution in [3.8, 4) is 6.01 Å². The Labute approximate surface area is 156 Å². The summed E-state index contributed by atoms with van der Waals surface area (Å²) >= 11 is 0. The third-order valence-electron chi connectivity index (χ3n) is 5.83. The second kappa shape index (κ2) is 7.29. The van der Waals surface area contributed by atoms with Crippen LogP contribution in [0.15, 0.2) is 25.2 Å². The van der Waals surface area contributed by atoms with Crippen LogP contribution in [-0.2, 0) is 6.42 Å². The van der Waals surface area contributed by atoms with Gasteiger partial charge < -0.3 is 9.25 Å². The summed E-state index contributed by atoms with van der Waals surface area (Å²) in [5.74, 6) is 0. The molecule has 0 bridgehead atoms. The van der Waals surface area contributed by atoms with Crippen molar-refractivity contribution in [3.63, 3.8) is 0 Å². The zero-order chi connectivity index (χ0) is 18.9. The van der Waals surface area contributed by atoms with Gasteiger partial charge in [0.05, 0.1) is 5.71 Å². The summed E-state index contributed by atoms with van der Waals surface area (Å²) in [7, 11) is 0. The molecule has 0 atom stereocenters. The molecule has 0 unspecified atom stereocenters. The second-order valence-electron chi connectivity index (χ2n) is 7.85. The molecule has 2 saturated carbocycles. The van der Waals surface area contributed by atoms with E-state index in [-0.39, 0.29) is 17.3 Å². The van der Waals surface area contributed by atoms with Gasteiger partial charge >= 0.3 is 11.6 Å². The van der Waals surface area contributed by atoms with Crippen molar-refractivity contribution in [2.45, 2.75) is 71.1 Å². The Morgan fingerprint density at radius 1 is 1.22 bits per heavy atom. The molecule has 1 spiro atoms. The lowest BCUT2D eigenvalue weighted by Crippen LogP contribution is -2.17. The zero-order valence-corrected chi connectivity index (χ0v) is 15.7. The summed E-state index contributed by atoms with van der Waals surface area (Å²) in [5.41, 5.74) is 1.37. The highest BCUT2D eigenvalue weighted by Crippen LogP contribution is 2.55. The second-order valence-corrected chi connectivity index (χ2v) is 7.85. The normalized spacial score (nSPS) is 18.0. The fourth-order valence-electron chi connectivity index (χ4n) is 3.88. The van der Waals surface area contributed by atoms with Crippen LogP contribution in [-0.4, -0.2) is 15.7 Å². The van der Waals surface area contributed by atoms with E-state index >= 15 is 0 Å². The van der Waals surface area contributed by atoms with Gasteiger partial charge in [-0.25, -0.2) is 4.79 Å². The number of unbranched alkanes of at least 4 members (excludes halogenated alkanes) is 2. The van der Waals surface area contributed by atoms with Crippen LogP contribution >= 0.6 is 0 Å². The van der Waals surface area contributed by atoms with Crippen molar-refractivity contribution < 1.29 is 9.25 Å². The molecule has 7 heteroatoms. The lowest BCUT2D eigenvalue weighted by atomic mass is 9.85. The van der Waals surface area contributed by atoms with Gasteiger partial charge in [-0.2, -0.15) is 4.98 Å². The van der Waals surface area contributed by atoms with Crippen molar-refractivity contribution in [1.82, 2.24) is 9.97 Å². The van der Waals surface area contributed by atoms with E-state index < -0.39 is 5.63 Å². The van der Waals surface area contributed by atoms with Crippen molar-refractivity contribution in [3.05, 3.63) is 32.4 Å². The number of aromatic amines is 1. The molecule has 4 rings (SSSR count). The Kier molecular flexibility index (Phi) is 4.85. The Bertz CT molecular complexity index is 973. The van der Waals surface area contributed by atoms with Crippen LogP contribution in [0.5, 0.6) is 6.01 Å². The molecule has 2 aromatic rings. The van der Waals surface area contributed by atoms with E-state index in [4.69, 9.17) is 9.25 Å². The average Bonchev–Trinajstić information content (AvgIpc) is 3.40. The van der Waals surface area contributed by atoms with Gasteiger partial charge in [0.15, 0.2) is 0 Å². The zero-order valence-electron chi connectivity index (χ0n) is 15.7. The number of fused-ring (bicyclic) bond motifs is 1. The summed E-state index contributed by atoms with van der Waals surface area (Å²) in [6.45, 7) is 2.10. The average molecular weight is 371 g/mol. The van der Waals surface area contributed by atoms with Gasteiger partial charge in [-0.3, -0.25) is 9.78 Å². The van der Waals surface area contributed by atoms with Gasteiger partial charge in [-0.1, -0.05) is 24.9 Å². The largest absolute Gasteiger partial charge is 0.403 e. The third-order valence-corrected chi connectivity index (χ3v) is 5.83. The maximum atomic E-state index is 12.5. The molecule has 0 amide bonds. The van der Waals surface area contributed by atoms with E-state index in [1.807, 2.05) is 0 Å². The Hall–Kier alpha value is -2.44.